The van der Waals surface area contributed by atoms with Gasteiger partial charge in [-0.15, -0.1) is 0 Å². The summed E-state index contributed by atoms with van der Waals surface area (Å²) in [7, 11) is -2.82. The average Bonchev–Trinajstić information content (AvgIpc) is 1.82. The Morgan fingerprint density at radius 1 is 1.67 bits per heavy atom. The van der Waals surface area contributed by atoms with Gasteiger partial charge >= 0.3 is 7.60 Å². The van der Waals surface area contributed by atoms with E-state index in [1.807, 2.05) is 0 Å². The fourth-order valence-electron chi connectivity index (χ4n) is 0.642. The Labute approximate surface area is 69.1 Å². The lowest BCUT2D eigenvalue weighted by Gasteiger charge is -2.17. The standard InChI is InChI=1S/C4H10N2O5P/c1-6(2-4(7)5-8)3-12(9,10)11/h2-3H2,1H3,(H3-,5,7,8,9,10,11)/q-1. The molecule has 0 saturated heterocycles. The Bertz CT molecular complexity index is 202. The Kier molecular flexibility index (Phi) is 4.36. The van der Waals surface area contributed by atoms with Crippen LogP contribution in [0.25, 0.3) is 0 Å². The predicted octanol–water partition coefficient (Wildman–Crippen LogP) is -1.33. The van der Waals surface area contributed by atoms with Crippen LogP contribution in [0.3, 0.4) is 0 Å². The number of likely N-dealkylation sites (N-methyl/N-ethyl adjacent to an activating group) is 1. The Hall–Kier alpha value is -0.460. The van der Waals surface area contributed by atoms with Gasteiger partial charge in [-0.2, -0.15) is 0 Å². The molecule has 0 radical (unpaired) electrons. The van der Waals surface area contributed by atoms with Crippen LogP contribution in [0.1, 0.15) is 0 Å². The molecular weight excluding hydrogens is 187 g/mol. The number of hydrogen-bond acceptors (Lipinski definition) is 4. The molecule has 0 rings (SSSR count). The SMILES string of the molecule is CN(CC(=O)N[O-])CP(=O)(O)O. The first-order valence-electron chi connectivity index (χ1n) is 2.99. The van der Waals surface area contributed by atoms with Crippen LogP contribution in [0.2, 0.25) is 0 Å². The van der Waals surface area contributed by atoms with Crippen LogP contribution in [0.4, 0.5) is 0 Å². The highest BCUT2D eigenvalue weighted by Gasteiger charge is 2.16. The number of carbonyl (C=O) groups excluding carboxylic acids is 1. The molecule has 3 N–H and O–H groups in total. The lowest BCUT2D eigenvalue weighted by molar-refractivity contribution is -0.120. The quantitative estimate of drug-likeness (QED) is 0.380. The van der Waals surface area contributed by atoms with E-state index in [0.29, 0.717) is 0 Å². The van der Waals surface area contributed by atoms with Gasteiger partial charge in [0.2, 0.25) is 5.91 Å². The predicted molar refractivity (Wildman–Crippen MR) is 41.1 cm³/mol. The molecule has 12 heavy (non-hydrogen) atoms. The minimum absolute atomic E-state index is 0.325. The van der Waals surface area contributed by atoms with Crippen molar-refractivity contribution in [1.82, 2.24) is 10.4 Å². The Balaban J connectivity index is 3.82. The molecule has 0 aromatic carbocycles. The van der Waals surface area contributed by atoms with Crippen LogP contribution in [0.15, 0.2) is 0 Å². The van der Waals surface area contributed by atoms with E-state index < -0.39 is 19.8 Å². The number of nitrogens with one attached hydrogen (secondary N) is 1. The first-order valence-corrected chi connectivity index (χ1v) is 4.79. The molecule has 0 heterocycles. The van der Waals surface area contributed by atoms with Crippen LogP contribution in [0.5, 0.6) is 0 Å². The first kappa shape index (κ1) is 11.5. The number of hydrogen-bond donors (Lipinski definition) is 3. The van der Waals surface area contributed by atoms with Gasteiger partial charge in [0.25, 0.3) is 0 Å². The van der Waals surface area contributed by atoms with Crippen molar-refractivity contribution in [1.29, 1.82) is 0 Å². The average molecular weight is 197 g/mol. The van der Waals surface area contributed by atoms with Gasteiger partial charge in [-0.25, -0.2) is 0 Å². The van der Waals surface area contributed by atoms with E-state index >= 15 is 0 Å². The molecule has 8 heteroatoms. The number of rotatable bonds is 4. The third-order valence-corrected chi connectivity index (χ3v) is 1.80. The molecule has 0 saturated carbocycles. The summed E-state index contributed by atoms with van der Waals surface area (Å²) in [6.45, 7) is -0.325. The third-order valence-electron chi connectivity index (χ3n) is 0.953. The number of carbonyl (C=O) groups is 1. The number of nitrogens with zero attached hydrogens (tertiary/aromatic N) is 1. The van der Waals surface area contributed by atoms with Gasteiger partial charge in [0.05, 0.1) is 6.54 Å². The van der Waals surface area contributed by atoms with E-state index in [1.165, 1.54) is 7.05 Å². The molecule has 0 bridgehead atoms. The van der Waals surface area contributed by atoms with Gasteiger partial charge in [0, 0.05) is 0 Å². The number of hydroxylamine groups is 1. The summed E-state index contributed by atoms with van der Waals surface area (Å²) in [6.07, 6.45) is -0.541. The van der Waals surface area contributed by atoms with Crippen molar-refractivity contribution in [3.05, 3.63) is 5.21 Å². The molecule has 0 atom stereocenters. The number of amides is 1. The molecule has 0 unspecified atom stereocenters. The molecule has 0 aromatic heterocycles. The summed E-state index contributed by atoms with van der Waals surface area (Å²) < 4.78 is 10.4. The van der Waals surface area contributed by atoms with Gasteiger partial charge < -0.3 is 20.5 Å². The summed E-state index contributed by atoms with van der Waals surface area (Å²) in [5.74, 6) is -0.828. The normalized spacial score (nSPS) is 11.8. The van der Waals surface area contributed by atoms with Crippen LogP contribution in [-0.4, -0.2) is 40.5 Å². The first-order chi connectivity index (χ1) is 5.35. The minimum atomic E-state index is -4.14. The highest BCUT2D eigenvalue weighted by Crippen LogP contribution is 2.34. The second-order valence-electron chi connectivity index (χ2n) is 2.35. The van der Waals surface area contributed by atoms with E-state index in [0.717, 1.165) is 10.4 Å². The molecular formula is C4H10N2O5P-. The van der Waals surface area contributed by atoms with Crippen molar-refractivity contribution in [3.63, 3.8) is 0 Å². The third kappa shape index (κ3) is 6.26. The molecule has 0 aliphatic rings. The van der Waals surface area contributed by atoms with Crippen molar-refractivity contribution in [2.45, 2.75) is 0 Å². The van der Waals surface area contributed by atoms with Crippen LogP contribution in [-0.2, 0) is 9.36 Å². The maximum atomic E-state index is 10.4. The zero-order valence-electron chi connectivity index (χ0n) is 6.43. The Morgan fingerprint density at radius 3 is 2.50 bits per heavy atom. The summed E-state index contributed by atoms with van der Waals surface area (Å²) >= 11 is 0. The fraction of sp³-hybridized carbons (Fsp3) is 0.750. The molecule has 72 valence electrons. The molecule has 1 amide bonds. The van der Waals surface area contributed by atoms with Gasteiger partial charge in [-0.3, -0.25) is 14.3 Å². The summed E-state index contributed by atoms with van der Waals surface area (Å²) in [5.41, 5.74) is 1.10. The molecule has 0 aliphatic heterocycles. The highest BCUT2D eigenvalue weighted by molar-refractivity contribution is 7.51. The van der Waals surface area contributed by atoms with Gasteiger partial charge in [-0.1, -0.05) is 0 Å². The largest absolute Gasteiger partial charge is 0.759 e. The molecule has 0 fully saturated rings. The topological polar surface area (TPSA) is 113 Å². The van der Waals surface area contributed by atoms with Gasteiger partial charge in [-0.05, 0) is 7.05 Å². The van der Waals surface area contributed by atoms with Gasteiger partial charge in [0.15, 0.2) is 0 Å². The maximum Gasteiger partial charge on any atom is 0.339 e. The van der Waals surface area contributed by atoms with E-state index in [4.69, 9.17) is 9.79 Å². The lowest BCUT2D eigenvalue weighted by Crippen LogP contribution is -2.32. The van der Waals surface area contributed by atoms with Gasteiger partial charge in [0.1, 0.15) is 6.29 Å². The van der Waals surface area contributed by atoms with Crippen LogP contribution < -0.4 is 5.48 Å². The summed E-state index contributed by atoms with van der Waals surface area (Å²) in [6, 6.07) is 0. The molecule has 7 nitrogen and oxygen atoms in total. The van der Waals surface area contributed by atoms with Crippen LogP contribution >= 0.6 is 7.60 Å². The molecule has 0 aromatic rings. The van der Waals surface area contributed by atoms with Crippen LogP contribution in [0, 0.1) is 5.21 Å². The zero-order chi connectivity index (χ0) is 9.78. The van der Waals surface area contributed by atoms with E-state index in [2.05, 4.69) is 0 Å². The van der Waals surface area contributed by atoms with E-state index in [1.54, 1.807) is 0 Å². The van der Waals surface area contributed by atoms with E-state index in [9.17, 15) is 14.6 Å². The van der Waals surface area contributed by atoms with E-state index in [-0.39, 0.29) is 6.54 Å². The second-order valence-corrected chi connectivity index (χ2v) is 3.96. The van der Waals surface area contributed by atoms with Crippen molar-refractivity contribution in [2.75, 3.05) is 19.9 Å². The van der Waals surface area contributed by atoms with Crippen molar-refractivity contribution in [2.24, 2.45) is 0 Å². The lowest BCUT2D eigenvalue weighted by atomic mass is 10.6. The monoisotopic (exact) mass is 197 g/mol. The molecule has 0 aliphatic carbocycles. The van der Waals surface area contributed by atoms with Crippen molar-refractivity contribution >= 4 is 13.5 Å². The highest BCUT2D eigenvalue weighted by atomic mass is 31.2. The Morgan fingerprint density at radius 2 is 2.17 bits per heavy atom. The molecule has 0 spiro atoms. The minimum Gasteiger partial charge on any atom is -0.759 e. The smallest absolute Gasteiger partial charge is 0.339 e. The zero-order valence-corrected chi connectivity index (χ0v) is 7.32. The summed E-state index contributed by atoms with van der Waals surface area (Å²) in [5, 5.41) is 9.71. The maximum absolute atomic E-state index is 10.4. The fourth-order valence-corrected chi connectivity index (χ4v) is 1.37. The van der Waals surface area contributed by atoms with Crippen molar-refractivity contribution < 1.29 is 19.1 Å². The van der Waals surface area contributed by atoms with Crippen molar-refractivity contribution in [3.8, 4) is 0 Å². The summed E-state index contributed by atoms with van der Waals surface area (Å²) in [4.78, 5) is 28.3. The second kappa shape index (κ2) is 4.54.